The highest BCUT2D eigenvalue weighted by Gasteiger charge is 2.37. The lowest BCUT2D eigenvalue weighted by atomic mass is 9.95. The lowest BCUT2D eigenvalue weighted by Gasteiger charge is -2.28. The van der Waals surface area contributed by atoms with Gasteiger partial charge in [0.15, 0.2) is 0 Å². The predicted molar refractivity (Wildman–Crippen MR) is 203 cm³/mol. The minimum Gasteiger partial charge on any atom is -0.333 e. The minimum absolute atomic E-state index is 0.213. The van der Waals surface area contributed by atoms with Gasteiger partial charge in [-0.25, -0.2) is 0 Å². The van der Waals surface area contributed by atoms with Crippen LogP contribution in [0.25, 0.3) is 61.3 Å². The van der Waals surface area contributed by atoms with Crippen molar-refractivity contribution < 1.29 is 0 Å². The molecule has 0 saturated carbocycles. The van der Waals surface area contributed by atoms with Crippen molar-refractivity contribution in [2.24, 2.45) is 4.99 Å². The van der Waals surface area contributed by atoms with E-state index in [1.807, 2.05) is 36.9 Å². The Morgan fingerprint density at radius 3 is 2.10 bits per heavy atom. The van der Waals surface area contributed by atoms with E-state index in [0.717, 1.165) is 67.0 Å². The van der Waals surface area contributed by atoms with E-state index < -0.39 is 0 Å². The molecule has 4 aromatic carbocycles. The molecule has 0 bridgehead atoms. The molecule has 2 aliphatic heterocycles. The van der Waals surface area contributed by atoms with Crippen molar-refractivity contribution in [2.75, 3.05) is 4.90 Å². The van der Waals surface area contributed by atoms with E-state index in [-0.39, 0.29) is 12.0 Å². The first-order valence-electron chi connectivity index (χ1n) is 16.9. The van der Waals surface area contributed by atoms with Crippen LogP contribution in [-0.2, 0) is 0 Å². The summed E-state index contributed by atoms with van der Waals surface area (Å²) in [5.41, 5.74) is 14.1. The molecule has 2 atom stereocenters. The third-order valence-corrected chi connectivity index (χ3v) is 9.97. The molecule has 0 saturated heterocycles. The maximum Gasteiger partial charge on any atom is 0.0963 e. The first-order chi connectivity index (χ1) is 24.8. The summed E-state index contributed by atoms with van der Waals surface area (Å²) in [7, 11) is 0. The predicted octanol–water partition coefficient (Wildman–Crippen LogP) is 10.2. The Balaban J connectivity index is 0.897. The highest BCUT2D eigenvalue weighted by Crippen LogP contribution is 2.46. The number of pyridine rings is 3. The fraction of sp³-hybridized carbons (Fsp3) is 0.0455. The van der Waals surface area contributed by atoms with Gasteiger partial charge in [-0.15, -0.1) is 0 Å². The molecule has 6 nitrogen and oxygen atoms in total. The molecule has 0 radical (unpaired) electrons. The summed E-state index contributed by atoms with van der Waals surface area (Å²) in [6.45, 7) is 0. The maximum atomic E-state index is 4.83. The van der Waals surface area contributed by atoms with E-state index >= 15 is 0 Å². The number of fused-ring (bicyclic) bond motifs is 6. The molecule has 0 amide bonds. The second kappa shape index (κ2) is 11.5. The summed E-state index contributed by atoms with van der Waals surface area (Å²) < 4.78 is 2.28. The number of nitrogens with zero attached hydrogens (tertiary/aromatic N) is 6. The molecular formula is C44H30N6. The number of hydrogen-bond acceptors (Lipinski definition) is 5. The molecule has 0 aliphatic carbocycles. The monoisotopic (exact) mass is 642 g/mol. The first-order valence-corrected chi connectivity index (χ1v) is 16.9. The fourth-order valence-electron chi connectivity index (χ4n) is 7.59. The van der Waals surface area contributed by atoms with Gasteiger partial charge in [0, 0.05) is 70.5 Å². The molecule has 2 unspecified atom stereocenters. The SMILES string of the molecule is C1=CC2C(C=N1)c1ccccc1N2c1cccc(-c2ccc(-c3ccc(-c4ccc(-n5c6ccccc6c6ncccc65)cc4)cn3)nc2)c1. The number of aliphatic imine (C=N–C) groups is 1. The van der Waals surface area contributed by atoms with Gasteiger partial charge >= 0.3 is 0 Å². The molecule has 2 aliphatic rings. The van der Waals surface area contributed by atoms with Crippen LogP contribution in [0.4, 0.5) is 11.4 Å². The van der Waals surface area contributed by atoms with Gasteiger partial charge in [-0.1, -0.05) is 72.8 Å². The Kier molecular flexibility index (Phi) is 6.52. The van der Waals surface area contributed by atoms with Crippen LogP contribution in [0.2, 0.25) is 0 Å². The van der Waals surface area contributed by atoms with Gasteiger partial charge < -0.3 is 9.47 Å². The van der Waals surface area contributed by atoms with Crippen molar-refractivity contribution in [2.45, 2.75) is 12.0 Å². The van der Waals surface area contributed by atoms with Crippen LogP contribution in [0.5, 0.6) is 0 Å². The number of anilines is 2. The van der Waals surface area contributed by atoms with E-state index in [9.17, 15) is 0 Å². The van der Waals surface area contributed by atoms with E-state index in [0.29, 0.717) is 0 Å². The van der Waals surface area contributed by atoms with Gasteiger partial charge in [0.25, 0.3) is 0 Å². The van der Waals surface area contributed by atoms with Gasteiger partial charge in [-0.3, -0.25) is 19.9 Å². The molecular weight excluding hydrogens is 613 g/mol. The quantitative estimate of drug-likeness (QED) is 0.187. The van der Waals surface area contributed by atoms with Gasteiger partial charge in [-0.2, -0.15) is 0 Å². The van der Waals surface area contributed by atoms with E-state index in [2.05, 4.69) is 153 Å². The summed E-state index contributed by atoms with van der Waals surface area (Å²) in [6.07, 6.45) is 11.9. The summed E-state index contributed by atoms with van der Waals surface area (Å²) in [6, 6.07) is 47.1. The van der Waals surface area contributed by atoms with Crippen LogP contribution < -0.4 is 4.90 Å². The molecule has 6 heteroatoms. The smallest absolute Gasteiger partial charge is 0.0963 e. The third kappa shape index (κ3) is 4.57. The van der Waals surface area contributed by atoms with Crippen LogP contribution in [0.15, 0.2) is 169 Å². The molecule has 236 valence electrons. The second-order valence-electron chi connectivity index (χ2n) is 12.8. The normalized spacial score (nSPS) is 16.2. The van der Waals surface area contributed by atoms with Crippen molar-refractivity contribution in [3.63, 3.8) is 0 Å². The average Bonchev–Trinajstić information content (AvgIpc) is 3.71. The van der Waals surface area contributed by atoms with Crippen LogP contribution in [0.3, 0.4) is 0 Å². The standard InChI is InChI=1S/C44H30N6/c1-3-11-40-35(9-1)37-28-45-24-22-42(37)50(40)34-8-5-7-30(25-34)32-17-21-39(48-27-32)38-20-16-31(26-47-38)29-14-18-33(19-15-29)49-41-12-4-2-10-36(41)44-43(49)13-6-23-46-44/h1-28,37,42H. The van der Waals surface area contributed by atoms with Gasteiger partial charge in [0.2, 0.25) is 0 Å². The highest BCUT2D eigenvalue weighted by atomic mass is 15.2. The molecule has 50 heavy (non-hydrogen) atoms. The Hall–Kier alpha value is -6.66. The third-order valence-electron chi connectivity index (χ3n) is 9.97. The summed E-state index contributed by atoms with van der Waals surface area (Å²) >= 11 is 0. The lowest BCUT2D eigenvalue weighted by molar-refractivity contribution is 0.780. The zero-order valence-corrected chi connectivity index (χ0v) is 27.0. The fourth-order valence-corrected chi connectivity index (χ4v) is 7.59. The van der Waals surface area contributed by atoms with E-state index in [4.69, 9.17) is 9.97 Å². The van der Waals surface area contributed by atoms with E-state index in [1.165, 1.54) is 11.3 Å². The van der Waals surface area contributed by atoms with Crippen LogP contribution >= 0.6 is 0 Å². The van der Waals surface area contributed by atoms with Crippen molar-refractivity contribution >= 4 is 39.5 Å². The zero-order valence-electron chi connectivity index (χ0n) is 27.0. The Bertz CT molecular complexity index is 2550. The topological polar surface area (TPSA) is 59.2 Å². The summed E-state index contributed by atoms with van der Waals surface area (Å²) in [4.78, 5) is 21.2. The van der Waals surface area contributed by atoms with Crippen LogP contribution in [-0.4, -0.2) is 31.8 Å². The first kappa shape index (κ1) is 28.4. The van der Waals surface area contributed by atoms with E-state index in [1.54, 1.807) is 0 Å². The second-order valence-corrected chi connectivity index (χ2v) is 12.8. The molecule has 0 spiro atoms. The molecule has 0 N–H and O–H groups in total. The summed E-state index contributed by atoms with van der Waals surface area (Å²) in [5, 5.41) is 1.15. The molecule has 6 heterocycles. The largest absolute Gasteiger partial charge is 0.333 e. The number of para-hydroxylation sites is 2. The number of aromatic nitrogens is 4. The van der Waals surface area contributed by atoms with Crippen molar-refractivity contribution in [3.8, 4) is 39.3 Å². The number of hydrogen-bond donors (Lipinski definition) is 0. The highest BCUT2D eigenvalue weighted by molar-refractivity contribution is 6.07. The Morgan fingerprint density at radius 1 is 0.540 bits per heavy atom. The van der Waals surface area contributed by atoms with Crippen LogP contribution in [0.1, 0.15) is 11.5 Å². The van der Waals surface area contributed by atoms with Crippen molar-refractivity contribution in [1.29, 1.82) is 0 Å². The average molecular weight is 643 g/mol. The Morgan fingerprint density at radius 2 is 1.28 bits per heavy atom. The van der Waals surface area contributed by atoms with Gasteiger partial charge in [0.05, 0.1) is 34.0 Å². The lowest BCUT2D eigenvalue weighted by Crippen LogP contribution is -2.29. The molecule has 10 rings (SSSR count). The maximum absolute atomic E-state index is 4.83. The van der Waals surface area contributed by atoms with Crippen LogP contribution in [0, 0.1) is 0 Å². The number of rotatable bonds is 5. The number of benzene rings is 4. The van der Waals surface area contributed by atoms with Crippen molar-refractivity contribution in [1.82, 2.24) is 19.5 Å². The minimum atomic E-state index is 0.213. The zero-order chi connectivity index (χ0) is 33.0. The molecule has 8 aromatic rings. The summed E-state index contributed by atoms with van der Waals surface area (Å²) in [5.74, 6) is 0.253. The molecule has 0 fully saturated rings. The van der Waals surface area contributed by atoms with Gasteiger partial charge in [0.1, 0.15) is 0 Å². The molecule has 4 aromatic heterocycles. The Labute approximate surface area is 289 Å². The van der Waals surface area contributed by atoms with Crippen molar-refractivity contribution in [3.05, 3.63) is 170 Å². The van der Waals surface area contributed by atoms with Gasteiger partial charge in [-0.05, 0) is 83.4 Å².